The number of hydrogen-bond acceptors (Lipinski definition) is 1. The van der Waals surface area contributed by atoms with Gasteiger partial charge in [-0.25, -0.2) is 8.78 Å². The van der Waals surface area contributed by atoms with E-state index in [0.29, 0.717) is 11.8 Å². The van der Waals surface area contributed by atoms with E-state index < -0.39 is 18.0 Å². The fourth-order valence-electron chi connectivity index (χ4n) is 4.73. The number of ether oxygens (including phenoxy) is 1. The van der Waals surface area contributed by atoms with Gasteiger partial charge in [0, 0.05) is 0 Å². The van der Waals surface area contributed by atoms with Gasteiger partial charge in [0.05, 0.1) is 6.61 Å². The van der Waals surface area contributed by atoms with Crippen LogP contribution >= 0.6 is 0 Å². The van der Waals surface area contributed by atoms with Crippen molar-refractivity contribution in [2.75, 3.05) is 6.61 Å². The molecule has 1 nitrogen and oxygen atoms in total. The van der Waals surface area contributed by atoms with Crippen LogP contribution < -0.4 is 0 Å². The lowest BCUT2D eigenvalue weighted by Gasteiger charge is -2.38. The van der Waals surface area contributed by atoms with Crippen LogP contribution in [0.2, 0.25) is 0 Å². The molecule has 0 aliphatic heterocycles. The van der Waals surface area contributed by atoms with Crippen molar-refractivity contribution >= 4 is 0 Å². The van der Waals surface area contributed by atoms with Crippen LogP contribution in [0.3, 0.4) is 0 Å². The Labute approximate surface area is 150 Å². The Morgan fingerprint density at radius 1 is 0.808 bits per heavy atom. The molecule has 2 aliphatic carbocycles. The van der Waals surface area contributed by atoms with Crippen molar-refractivity contribution in [2.45, 2.75) is 63.6 Å². The van der Waals surface area contributed by atoms with Gasteiger partial charge in [0.15, 0.2) is 11.6 Å². The Morgan fingerprint density at radius 2 is 1.38 bits per heavy atom. The maximum atomic E-state index is 13.4. The van der Waals surface area contributed by atoms with Gasteiger partial charge >= 0.3 is 6.36 Å². The van der Waals surface area contributed by atoms with Crippen molar-refractivity contribution in [3.63, 3.8) is 0 Å². The molecule has 0 spiro atoms. The summed E-state index contributed by atoms with van der Waals surface area (Å²) < 4.78 is 66.9. The minimum Gasteiger partial charge on any atom is -0.292 e. The highest BCUT2D eigenvalue weighted by Gasteiger charge is 2.34. The Morgan fingerprint density at radius 3 is 1.92 bits per heavy atom. The van der Waals surface area contributed by atoms with E-state index in [4.69, 9.17) is 0 Å². The van der Waals surface area contributed by atoms with Gasteiger partial charge in [-0.2, -0.15) is 0 Å². The summed E-state index contributed by atoms with van der Waals surface area (Å²) in [6, 6.07) is 4.18. The van der Waals surface area contributed by atoms with Crippen molar-refractivity contribution < 1.29 is 26.7 Å². The van der Waals surface area contributed by atoms with E-state index in [-0.39, 0.29) is 18.4 Å². The molecule has 0 bridgehead atoms. The van der Waals surface area contributed by atoms with Gasteiger partial charge in [-0.3, -0.25) is 4.74 Å². The molecule has 146 valence electrons. The quantitative estimate of drug-likeness (QED) is 0.539. The standard InChI is InChI=1S/C20H25F5O/c21-18-10-9-17(11-19(18)22)16-7-5-15(6-8-16)14-3-1-13(2-4-14)12-26-20(23,24)25/h9-11,13-16H,1-8,12H2/t13-,14-,15-,16-. The summed E-state index contributed by atoms with van der Waals surface area (Å²) in [4.78, 5) is 0. The fraction of sp³-hybridized carbons (Fsp3) is 0.700. The first-order valence-electron chi connectivity index (χ1n) is 9.47. The van der Waals surface area contributed by atoms with Crippen LogP contribution in [-0.2, 0) is 4.74 Å². The monoisotopic (exact) mass is 376 g/mol. The van der Waals surface area contributed by atoms with E-state index in [0.717, 1.165) is 56.9 Å². The topological polar surface area (TPSA) is 9.23 Å². The molecule has 2 saturated carbocycles. The molecule has 0 unspecified atom stereocenters. The third kappa shape index (κ3) is 5.18. The zero-order valence-electron chi connectivity index (χ0n) is 14.7. The van der Waals surface area contributed by atoms with Gasteiger partial charge in [-0.05, 0) is 92.7 Å². The molecule has 2 aliphatic rings. The molecule has 26 heavy (non-hydrogen) atoms. The van der Waals surface area contributed by atoms with Crippen LogP contribution in [0.15, 0.2) is 18.2 Å². The Kier molecular flexibility index (Phi) is 6.21. The summed E-state index contributed by atoms with van der Waals surface area (Å²) >= 11 is 0. The van der Waals surface area contributed by atoms with Crippen molar-refractivity contribution in [3.8, 4) is 0 Å². The van der Waals surface area contributed by atoms with Crippen molar-refractivity contribution in [1.82, 2.24) is 0 Å². The van der Waals surface area contributed by atoms with Gasteiger partial charge in [-0.15, -0.1) is 13.2 Å². The first-order valence-corrected chi connectivity index (χ1v) is 9.47. The largest absolute Gasteiger partial charge is 0.522 e. The highest BCUT2D eigenvalue weighted by Crippen LogP contribution is 2.44. The van der Waals surface area contributed by atoms with Gasteiger partial charge in [0.1, 0.15) is 0 Å². The molecule has 0 heterocycles. The first-order chi connectivity index (χ1) is 12.3. The molecular formula is C20H25F5O. The third-order valence-electron chi connectivity index (χ3n) is 6.23. The van der Waals surface area contributed by atoms with Crippen molar-refractivity contribution in [1.29, 1.82) is 0 Å². The second-order valence-electron chi connectivity index (χ2n) is 7.82. The zero-order valence-corrected chi connectivity index (χ0v) is 14.7. The minimum atomic E-state index is -4.53. The lowest BCUT2D eigenvalue weighted by Crippen LogP contribution is -2.28. The van der Waals surface area contributed by atoms with Crippen LogP contribution in [0.5, 0.6) is 0 Å². The SMILES string of the molecule is Fc1ccc([C@H]2CC[C@H]([C@H]3CC[C@H](COC(F)(F)F)CC3)CC2)cc1F. The minimum absolute atomic E-state index is 0.00593. The summed E-state index contributed by atoms with van der Waals surface area (Å²) in [5.41, 5.74) is 0.871. The first kappa shape index (κ1) is 19.6. The van der Waals surface area contributed by atoms with Crippen LogP contribution in [0.4, 0.5) is 22.0 Å². The van der Waals surface area contributed by atoms with E-state index in [9.17, 15) is 22.0 Å². The van der Waals surface area contributed by atoms with Gasteiger partial charge < -0.3 is 0 Å². The van der Waals surface area contributed by atoms with Crippen LogP contribution in [0.25, 0.3) is 0 Å². The van der Waals surface area contributed by atoms with E-state index in [1.807, 2.05) is 0 Å². The predicted molar refractivity (Wildman–Crippen MR) is 88.5 cm³/mol. The summed E-state index contributed by atoms with van der Waals surface area (Å²) in [7, 11) is 0. The van der Waals surface area contributed by atoms with Crippen LogP contribution in [0, 0.1) is 29.4 Å². The van der Waals surface area contributed by atoms with E-state index >= 15 is 0 Å². The van der Waals surface area contributed by atoms with Crippen molar-refractivity contribution in [2.24, 2.45) is 17.8 Å². The molecule has 6 heteroatoms. The van der Waals surface area contributed by atoms with Crippen molar-refractivity contribution in [3.05, 3.63) is 35.4 Å². The molecular weight excluding hydrogens is 351 g/mol. The number of hydrogen-bond donors (Lipinski definition) is 0. The van der Waals surface area contributed by atoms with Gasteiger partial charge in [0.25, 0.3) is 0 Å². The molecule has 0 atom stereocenters. The molecule has 1 aromatic rings. The van der Waals surface area contributed by atoms with E-state index in [1.165, 1.54) is 12.1 Å². The summed E-state index contributed by atoms with van der Waals surface area (Å²) in [6.07, 6.45) is 3.03. The molecule has 0 saturated heterocycles. The lowest BCUT2D eigenvalue weighted by molar-refractivity contribution is -0.329. The molecule has 2 fully saturated rings. The number of rotatable bonds is 4. The van der Waals surface area contributed by atoms with Gasteiger partial charge in [0.2, 0.25) is 0 Å². The third-order valence-corrected chi connectivity index (χ3v) is 6.23. The Bertz CT molecular complexity index is 584. The summed E-state index contributed by atoms with van der Waals surface area (Å²) in [6.45, 7) is -0.223. The molecule has 0 radical (unpaired) electrons. The Balaban J connectivity index is 1.43. The lowest BCUT2D eigenvalue weighted by atomic mass is 9.68. The number of benzene rings is 1. The smallest absolute Gasteiger partial charge is 0.292 e. The maximum Gasteiger partial charge on any atom is 0.522 e. The average molecular weight is 376 g/mol. The van der Waals surface area contributed by atoms with E-state index in [1.54, 1.807) is 6.07 Å². The predicted octanol–water partition coefficient (Wildman–Crippen LogP) is 6.58. The maximum absolute atomic E-state index is 13.4. The molecule has 1 aromatic carbocycles. The second-order valence-corrected chi connectivity index (χ2v) is 7.82. The Hall–Kier alpha value is -1.17. The highest BCUT2D eigenvalue weighted by atomic mass is 19.4. The zero-order chi connectivity index (χ0) is 18.7. The average Bonchev–Trinajstić information content (AvgIpc) is 2.62. The summed E-state index contributed by atoms with van der Waals surface area (Å²) in [5.74, 6) is -0.147. The normalized spacial score (nSPS) is 30.3. The molecule has 0 amide bonds. The van der Waals surface area contributed by atoms with Crippen LogP contribution in [0.1, 0.15) is 62.8 Å². The summed E-state index contributed by atoms with van der Waals surface area (Å²) in [5, 5.41) is 0. The molecule has 3 rings (SSSR count). The number of halogens is 5. The van der Waals surface area contributed by atoms with E-state index in [2.05, 4.69) is 4.74 Å². The number of alkyl halides is 3. The fourth-order valence-corrected chi connectivity index (χ4v) is 4.73. The van der Waals surface area contributed by atoms with Crippen LogP contribution in [-0.4, -0.2) is 13.0 Å². The molecule has 0 N–H and O–H groups in total. The highest BCUT2D eigenvalue weighted by molar-refractivity contribution is 5.22. The second kappa shape index (κ2) is 8.24. The molecule has 0 aromatic heterocycles. The van der Waals surface area contributed by atoms with Gasteiger partial charge in [-0.1, -0.05) is 6.07 Å².